The Kier molecular flexibility index (Phi) is 9.29. The van der Waals surface area contributed by atoms with E-state index in [-0.39, 0.29) is 11.8 Å². The fraction of sp³-hybridized carbons (Fsp3) is 0.280. The van der Waals surface area contributed by atoms with Gasteiger partial charge in [0.2, 0.25) is 0 Å². The van der Waals surface area contributed by atoms with Crippen LogP contribution in [0.1, 0.15) is 48.3 Å². The number of rotatable bonds is 8. The third kappa shape index (κ3) is 6.29. The number of thiophene rings is 1. The molecule has 2 amide bonds. The van der Waals surface area contributed by atoms with E-state index < -0.39 is 0 Å². The van der Waals surface area contributed by atoms with Crippen LogP contribution < -0.4 is 5.32 Å². The highest BCUT2D eigenvalue weighted by molar-refractivity contribution is 7.17. The Hall–Kier alpha value is -2.92. The van der Waals surface area contributed by atoms with Crippen molar-refractivity contribution in [3.8, 4) is 0 Å². The third-order valence-electron chi connectivity index (χ3n) is 4.79. The van der Waals surface area contributed by atoms with Crippen LogP contribution in [-0.2, 0) is 4.79 Å². The molecule has 0 aliphatic carbocycles. The maximum atomic E-state index is 13.2. The van der Waals surface area contributed by atoms with Crippen molar-refractivity contribution in [1.82, 2.24) is 4.90 Å². The number of hydrogen-bond acceptors (Lipinski definition) is 3. The number of nitrogens with one attached hydrogen (secondary N) is 1. The topological polar surface area (TPSA) is 49.4 Å². The molecule has 0 spiro atoms. The van der Waals surface area contributed by atoms with Crippen molar-refractivity contribution in [2.24, 2.45) is 0 Å². The van der Waals surface area contributed by atoms with Crippen LogP contribution in [0.5, 0.6) is 0 Å². The first-order valence-corrected chi connectivity index (χ1v) is 11.0. The van der Waals surface area contributed by atoms with Crippen LogP contribution in [0.15, 0.2) is 73.4 Å². The van der Waals surface area contributed by atoms with Crippen molar-refractivity contribution >= 4 is 33.7 Å². The van der Waals surface area contributed by atoms with Crippen molar-refractivity contribution < 1.29 is 9.59 Å². The van der Waals surface area contributed by atoms with Crippen molar-refractivity contribution in [2.75, 3.05) is 18.4 Å². The standard InChI is InChI=1S/C25H30N2O2S/c1-5-8-11-14-19(4)23(28)26-24-21(25(29)27-16-12-10-13-17-27)18-22(30-24)20(7-3)15-9-6-2/h5-9,11,14-15,18H,1-2,10,12-13,16-17H2,3-4H3,(H,26,28)/b11-8-,15-9-,19-14+,20-7+. The minimum absolute atomic E-state index is 0.0242. The minimum Gasteiger partial charge on any atom is -0.339 e. The number of hydrogen-bond donors (Lipinski definition) is 1. The molecule has 0 unspecified atom stereocenters. The van der Waals surface area contributed by atoms with Gasteiger partial charge >= 0.3 is 0 Å². The third-order valence-corrected chi connectivity index (χ3v) is 5.89. The van der Waals surface area contributed by atoms with Gasteiger partial charge in [0.1, 0.15) is 5.00 Å². The van der Waals surface area contributed by atoms with Gasteiger partial charge in [-0.3, -0.25) is 9.59 Å². The molecule has 158 valence electrons. The maximum Gasteiger partial charge on any atom is 0.256 e. The Labute approximate surface area is 183 Å². The van der Waals surface area contributed by atoms with E-state index in [0.717, 1.165) is 42.8 Å². The maximum absolute atomic E-state index is 13.2. The summed E-state index contributed by atoms with van der Waals surface area (Å²) in [6.45, 7) is 12.5. The van der Waals surface area contributed by atoms with Gasteiger partial charge in [-0.25, -0.2) is 0 Å². The molecule has 1 aromatic rings. The summed E-state index contributed by atoms with van der Waals surface area (Å²) < 4.78 is 0. The molecular weight excluding hydrogens is 392 g/mol. The molecule has 30 heavy (non-hydrogen) atoms. The van der Waals surface area contributed by atoms with E-state index in [9.17, 15) is 9.59 Å². The summed E-state index contributed by atoms with van der Waals surface area (Å²) in [4.78, 5) is 28.7. The Morgan fingerprint density at radius 1 is 1.10 bits per heavy atom. The molecule has 2 heterocycles. The average Bonchev–Trinajstić information content (AvgIpc) is 3.17. The monoisotopic (exact) mass is 422 g/mol. The van der Waals surface area contributed by atoms with Crippen molar-refractivity contribution in [3.63, 3.8) is 0 Å². The molecular formula is C25H30N2O2S. The van der Waals surface area contributed by atoms with E-state index in [1.807, 2.05) is 36.1 Å². The van der Waals surface area contributed by atoms with Crippen LogP contribution in [0.25, 0.3) is 5.57 Å². The highest BCUT2D eigenvalue weighted by Gasteiger charge is 2.24. The Bertz CT molecular complexity index is 910. The molecule has 2 rings (SSSR count). The van der Waals surface area contributed by atoms with Gasteiger partial charge in [-0.15, -0.1) is 11.3 Å². The number of carbonyl (C=O) groups is 2. The molecule has 0 saturated carbocycles. The number of piperidine rings is 1. The predicted molar refractivity (Wildman–Crippen MR) is 129 cm³/mol. The average molecular weight is 423 g/mol. The first kappa shape index (κ1) is 23.4. The summed E-state index contributed by atoms with van der Waals surface area (Å²) in [5, 5.41) is 3.53. The lowest BCUT2D eigenvalue weighted by molar-refractivity contribution is -0.112. The van der Waals surface area contributed by atoms with Crippen molar-refractivity contribution in [1.29, 1.82) is 0 Å². The van der Waals surface area contributed by atoms with Gasteiger partial charge in [-0.2, -0.15) is 0 Å². The van der Waals surface area contributed by atoms with Gasteiger partial charge in [0.05, 0.1) is 5.56 Å². The second kappa shape index (κ2) is 11.9. The zero-order chi connectivity index (χ0) is 21.9. The molecule has 1 N–H and O–H groups in total. The summed E-state index contributed by atoms with van der Waals surface area (Å²) in [5.41, 5.74) is 2.08. The summed E-state index contributed by atoms with van der Waals surface area (Å²) >= 11 is 1.41. The van der Waals surface area contributed by atoms with Gasteiger partial charge < -0.3 is 10.2 Å². The molecule has 1 aromatic heterocycles. The fourth-order valence-electron chi connectivity index (χ4n) is 3.10. The van der Waals surface area contributed by atoms with Crippen LogP contribution >= 0.6 is 11.3 Å². The number of likely N-dealkylation sites (tertiary alicyclic amines) is 1. The lowest BCUT2D eigenvalue weighted by Gasteiger charge is -2.26. The summed E-state index contributed by atoms with van der Waals surface area (Å²) in [7, 11) is 0. The number of nitrogens with zero attached hydrogens (tertiary/aromatic N) is 1. The molecule has 1 saturated heterocycles. The Morgan fingerprint density at radius 2 is 1.80 bits per heavy atom. The van der Waals surface area contributed by atoms with E-state index in [1.165, 1.54) is 11.3 Å². The quantitative estimate of drug-likeness (QED) is 0.404. The van der Waals surface area contributed by atoms with E-state index in [0.29, 0.717) is 16.1 Å². The Morgan fingerprint density at radius 3 is 2.43 bits per heavy atom. The largest absolute Gasteiger partial charge is 0.339 e. The molecule has 1 aliphatic heterocycles. The minimum atomic E-state index is -0.228. The van der Waals surface area contributed by atoms with E-state index >= 15 is 0 Å². The highest BCUT2D eigenvalue weighted by atomic mass is 32.1. The van der Waals surface area contributed by atoms with Crippen molar-refractivity contribution in [2.45, 2.75) is 33.1 Å². The van der Waals surface area contributed by atoms with Gasteiger partial charge in [0, 0.05) is 23.5 Å². The molecule has 0 bridgehead atoms. The molecule has 0 aromatic carbocycles. The first-order chi connectivity index (χ1) is 14.5. The zero-order valence-electron chi connectivity index (χ0n) is 17.8. The number of carbonyl (C=O) groups excluding carboxylic acids is 2. The van der Waals surface area contributed by atoms with Gasteiger partial charge in [0.15, 0.2) is 0 Å². The van der Waals surface area contributed by atoms with Gasteiger partial charge in [0.25, 0.3) is 11.8 Å². The highest BCUT2D eigenvalue weighted by Crippen LogP contribution is 2.35. The smallest absolute Gasteiger partial charge is 0.256 e. The molecule has 0 radical (unpaired) electrons. The lowest BCUT2D eigenvalue weighted by atomic mass is 10.1. The van der Waals surface area contributed by atoms with Crippen LogP contribution in [0, 0.1) is 0 Å². The second-order valence-corrected chi connectivity index (χ2v) is 8.02. The fourth-order valence-corrected chi connectivity index (χ4v) is 4.20. The van der Waals surface area contributed by atoms with Gasteiger partial charge in [-0.1, -0.05) is 61.8 Å². The van der Waals surface area contributed by atoms with Crippen LogP contribution in [0.4, 0.5) is 5.00 Å². The van der Waals surface area contributed by atoms with Gasteiger partial charge in [-0.05, 0) is 44.7 Å². The van der Waals surface area contributed by atoms with Crippen molar-refractivity contribution in [3.05, 3.63) is 83.8 Å². The number of anilines is 1. The van der Waals surface area contributed by atoms with Crippen LogP contribution in [0.3, 0.4) is 0 Å². The second-order valence-electron chi connectivity index (χ2n) is 6.97. The summed E-state index contributed by atoms with van der Waals surface area (Å²) in [6.07, 6.45) is 17.6. The molecule has 4 nitrogen and oxygen atoms in total. The molecule has 1 aliphatic rings. The lowest BCUT2D eigenvalue weighted by Crippen LogP contribution is -2.35. The molecule has 1 fully saturated rings. The molecule has 0 atom stereocenters. The normalized spacial score (nSPS) is 15.6. The Balaban J connectivity index is 2.38. The zero-order valence-corrected chi connectivity index (χ0v) is 18.6. The molecule has 5 heteroatoms. The van der Waals surface area contributed by atoms with E-state index in [4.69, 9.17) is 0 Å². The predicted octanol–water partition coefficient (Wildman–Crippen LogP) is 6.15. The van der Waals surface area contributed by atoms with E-state index in [2.05, 4.69) is 18.5 Å². The summed E-state index contributed by atoms with van der Waals surface area (Å²) in [5.74, 6) is -0.252. The van der Waals surface area contributed by atoms with Crippen LogP contribution in [0.2, 0.25) is 0 Å². The SMILES string of the molecule is C=C/C=C\C=C(/C)C(=O)Nc1sc(C(/C=C\C=C)=C/C)cc1C(=O)N1CCCCC1. The number of amides is 2. The van der Waals surface area contributed by atoms with E-state index in [1.54, 1.807) is 37.3 Å². The van der Waals surface area contributed by atoms with Crippen LogP contribution in [-0.4, -0.2) is 29.8 Å². The summed E-state index contributed by atoms with van der Waals surface area (Å²) in [6, 6.07) is 1.89. The number of allylic oxidation sites excluding steroid dienone is 9. The first-order valence-electron chi connectivity index (χ1n) is 10.2.